The van der Waals surface area contributed by atoms with E-state index in [1.807, 2.05) is 6.07 Å². The molecular weight excluding hydrogens is 210 g/mol. The molecule has 0 aliphatic rings. The summed E-state index contributed by atoms with van der Waals surface area (Å²) in [7, 11) is 0. The average Bonchev–Trinajstić information content (AvgIpc) is 2.15. The Balaban J connectivity index is 2.47. The highest BCUT2D eigenvalue weighted by molar-refractivity contribution is 6.29. The van der Waals surface area contributed by atoms with E-state index in [2.05, 4.69) is 43.2 Å². The van der Waals surface area contributed by atoms with Gasteiger partial charge in [0.1, 0.15) is 5.82 Å². The topological polar surface area (TPSA) is 37.8 Å². The summed E-state index contributed by atoms with van der Waals surface area (Å²) in [5.41, 5.74) is 0.298. The number of hydrogen-bond acceptors (Lipinski definition) is 3. The standard InChI is InChI=1S/C11H18ClN3/c1-8(11(2,3)4)7-13-10-6-5-9(12)14-15-10/h5-6,8H,7H2,1-4H3,(H,13,15). The zero-order valence-corrected chi connectivity index (χ0v) is 10.5. The van der Waals surface area contributed by atoms with Crippen molar-refractivity contribution in [2.75, 3.05) is 11.9 Å². The van der Waals surface area contributed by atoms with Crippen LogP contribution in [0, 0.1) is 11.3 Å². The van der Waals surface area contributed by atoms with Gasteiger partial charge in [0.05, 0.1) is 0 Å². The fraction of sp³-hybridized carbons (Fsp3) is 0.636. The number of nitrogens with one attached hydrogen (secondary N) is 1. The highest BCUT2D eigenvalue weighted by atomic mass is 35.5. The van der Waals surface area contributed by atoms with Crippen LogP contribution in [0.4, 0.5) is 5.82 Å². The maximum Gasteiger partial charge on any atom is 0.151 e. The Hall–Kier alpha value is -0.830. The number of anilines is 1. The van der Waals surface area contributed by atoms with Gasteiger partial charge in [-0.25, -0.2) is 0 Å². The molecule has 4 heteroatoms. The summed E-state index contributed by atoms with van der Waals surface area (Å²) in [5.74, 6) is 1.34. The molecule has 0 bridgehead atoms. The Morgan fingerprint density at radius 3 is 2.47 bits per heavy atom. The molecule has 1 heterocycles. The zero-order chi connectivity index (χ0) is 11.5. The van der Waals surface area contributed by atoms with Crippen LogP contribution in [0.1, 0.15) is 27.7 Å². The lowest BCUT2D eigenvalue weighted by molar-refractivity contribution is 0.274. The Kier molecular flexibility index (Phi) is 3.91. The van der Waals surface area contributed by atoms with Crippen LogP contribution in [-0.2, 0) is 0 Å². The first-order valence-corrected chi connectivity index (χ1v) is 5.50. The second kappa shape index (κ2) is 4.79. The first-order valence-electron chi connectivity index (χ1n) is 5.12. The van der Waals surface area contributed by atoms with Crippen molar-refractivity contribution in [2.45, 2.75) is 27.7 Å². The van der Waals surface area contributed by atoms with Crippen molar-refractivity contribution in [1.29, 1.82) is 0 Å². The van der Waals surface area contributed by atoms with Gasteiger partial charge in [-0.1, -0.05) is 39.3 Å². The molecule has 84 valence electrons. The molecule has 0 amide bonds. The molecule has 0 saturated carbocycles. The summed E-state index contributed by atoms with van der Waals surface area (Å²) in [6, 6.07) is 3.57. The van der Waals surface area contributed by atoms with Crippen LogP contribution in [0.3, 0.4) is 0 Å². The highest BCUT2D eigenvalue weighted by Gasteiger charge is 2.19. The van der Waals surface area contributed by atoms with Gasteiger partial charge < -0.3 is 5.32 Å². The molecule has 1 aromatic heterocycles. The summed E-state index contributed by atoms with van der Waals surface area (Å²) in [6.07, 6.45) is 0. The van der Waals surface area contributed by atoms with Crippen LogP contribution in [0.15, 0.2) is 12.1 Å². The third-order valence-corrected chi connectivity index (χ3v) is 2.90. The lowest BCUT2D eigenvalue weighted by Crippen LogP contribution is -2.25. The molecule has 1 unspecified atom stereocenters. The molecule has 0 spiro atoms. The second-order valence-corrected chi connectivity index (χ2v) is 5.28. The van der Waals surface area contributed by atoms with E-state index >= 15 is 0 Å². The first kappa shape index (κ1) is 12.2. The Morgan fingerprint density at radius 2 is 2.00 bits per heavy atom. The van der Waals surface area contributed by atoms with E-state index < -0.39 is 0 Å². The van der Waals surface area contributed by atoms with Crippen LogP contribution in [0.2, 0.25) is 5.15 Å². The van der Waals surface area contributed by atoms with Gasteiger partial charge in [0.25, 0.3) is 0 Å². The van der Waals surface area contributed by atoms with Crippen LogP contribution < -0.4 is 5.32 Å². The summed E-state index contributed by atoms with van der Waals surface area (Å²) in [5, 5.41) is 11.4. The zero-order valence-electron chi connectivity index (χ0n) is 9.71. The molecular formula is C11H18ClN3. The largest absolute Gasteiger partial charge is 0.368 e. The Bertz CT molecular complexity index is 303. The van der Waals surface area contributed by atoms with Crippen molar-refractivity contribution in [3.63, 3.8) is 0 Å². The number of nitrogens with zero attached hydrogens (tertiary/aromatic N) is 2. The van der Waals surface area contributed by atoms with E-state index in [0.29, 0.717) is 16.5 Å². The summed E-state index contributed by atoms with van der Waals surface area (Å²) in [4.78, 5) is 0. The van der Waals surface area contributed by atoms with Gasteiger partial charge in [0.15, 0.2) is 5.15 Å². The molecule has 1 rings (SSSR count). The average molecular weight is 228 g/mol. The summed E-state index contributed by atoms with van der Waals surface area (Å²) in [6.45, 7) is 9.79. The predicted octanol–water partition coefficient (Wildman–Crippen LogP) is 3.22. The van der Waals surface area contributed by atoms with Crippen LogP contribution in [-0.4, -0.2) is 16.7 Å². The number of aromatic nitrogens is 2. The van der Waals surface area contributed by atoms with E-state index in [-0.39, 0.29) is 0 Å². The van der Waals surface area contributed by atoms with E-state index in [1.54, 1.807) is 6.07 Å². The van der Waals surface area contributed by atoms with Gasteiger partial charge in [0, 0.05) is 6.54 Å². The monoisotopic (exact) mass is 227 g/mol. The number of halogens is 1. The normalized spacial score (nSPS) is 13.7. The SMILES string of the molecule is CC(CNc1ccc(Cl)nn1)C(C)(C)C. The van der Waals surface area contributed by atoms with Gasteiger partial charge in [0.2, 0.25) is 0 Å². The predicted molar refractivity (Wildman–Crippen MR) is 64.2 cm³/mol. The first-order chi connectivity index (χ1) is 6.89. The Labute approximate surface area is 96.2 Å². The fourth-order valence-electron chi connectivity index (χ4n) is 0.974. The molecule has 1 N–H and O–H groups in total. The van der Waals surface area contributed by atoms with Gasteiger partial charge in [-0.2, -0.15) is 0 Å². The van der Waals surface area contributed by atoms with Crippen molar-refractivity contribution in [3.8, 4) is 0 Å². The molecule has 0 radical (unpaired) electrons. The maximum absolute atomic E-state index is 5.65. The fourth-order valence-corrected chi connectivity index (χ4v) is 1.07. The van der Waals surface area contributed by atoms with Crippen LogP contribution in [0.25, 0.3) is 0 Å². The molecule has 1 atom stereocenters. The van der Waals surface area contributed by atoms with Gasteiger partial charge in [-0.05, 0) is 23.5 Å². The molecule has 3 nitrogen and oxygen atoms in total. The Morgan fingerprint density at radius 1 is 1.33 bits per heavy atom. The molecule has 0 saturated heterocycles. The minimum absolute atomic E-state index is 0.298. The van der Waals surface area contributed by atoms with Crippen molar-refractivity contribution in [1.82, 2.24) is 10.2 Å². The van der Waals surface area contributed by atoms with Crippen molar-refractivity contribution in [3.05, 3.63) is 17.3 Å². The molecule has 0 aromatic carbocycles. The van der Waals surface area contributed by atoms with Crippen LogP contribution in [0.5, 0.6) is 0 Å². The minimum atomic E-state index is 0.298. The maximum atomic E-state index is 5.65. The lowest BCUT2D eigenvalue weighted by Gasteiger charge is -2.27. The molecule has 0 fully saturated rings. The molecule has 0 aliphatic carbocycles. The van der Waals surface area contributed by atoms with Crippen LogP contribution >= 0.6 is 11.6 Å². The molecule has 0 aliphatic heterocycles. The second-order valence-electron chi connectivity index (χ2n) is 4.89. The summed E-state index contributed by atoms with van der Waals surface area (Å²) >= 11 is 5.65. The minimum Gasteiger partial charge on any atom is -0.368 e. The number of hydrogen-bond donors (Lipinski definition) is 1. The van der Waals surface area contributed by atoms with Crippen molar-refractivity contribution >= 4 is 17.4 Å². The van der Waals surface area contributed by atoms with Gasteiger partial charge >= 0.3 is 0 Å². The highest BCUT2D eigenvalue weighted by Crippen LogP contribution is 2.25. The van der Waals surface area contributed by atoms with Crippen molar-refractivity contribution < 1.29 is 0 Å². The van der Waals surface area contributed by atoms with Gasteiger partial charge in [-0.15, -0.1) is 10.2 Å². The third kappa shape index (κ3) is 4.04. The quantitative estimate of drug-likeness (QED) is 0.862. The van der Waals surface area contributed by atoms with Crippen molar-refractivity contribution in [2.24, 2.45) is 11.3 Å². The third-order valence-electron chi connectivity index (χ3n) is 2.70. The van der Waals surface area contributed by atoms with E-state index in [1.165, 1.54) is 0 Å². The van der Waals surface area contributed by atoms with E-state index in [9.17, 15) is 0 Å². The summed E-state index contributed by atoms with van der Waals surface area (Å²) < 4.78 is 0. The van der Waals surface area contributed by atoms with E-state index in [0.717, 1.165) is 12.4 Å². The lowest BCUT2D eigenvalue weighted by atomic mass is 9.82. The molecule has 1 aromatic rings. The van der Waals surface area contributed by atoms with E-state index in [4.69, 9.17) is 11.6 Å². The smallest absolute Gasteiger partial charge is 0.151 e. The molecule has 15 heavy (non-hydrogen) atoms. The number of rotatable bonds is 3. The van der Waals surface area contributed by atoms with Gasteiger partial charge in [-0.3, -0.25) is 0 Å².